The van der Waals surface area contributed by atoms with Crippen molar-refractivity contribution in [3.8, 4) is 5.75 Å². The van der Waals surface area contributed by atoms with E-state index in [2.05, 4.69) is 40.9 Å². The fourth-order valence-electron chi connectivity index (χ4n) is 2.40. The van der Waals surface area contributed by atoms with E-state index in [9.17, 15) is 0 Å². The quantitative estimate of drug-likeness (QED) is 0.581. The summed E-state index contributed by atoms with van der Waals surface area (Å²) in [4.78, 5) is 4.92. The summed E-state index contributed by atoms with van der Waals surface area (Å²) in [6, 6.07) is 8.25. The molecule has 1 aliphatic heterocycles. The smallest absolute Gasteiger partial charge is 0.119 e. The van der Waals surface area contributed by atoms with Gasteiger partial charge in [-0.05, 0) is 24.7 Å². The molecule has 0 aliphatic carbocycles. The summed E-state index contributed by atoms with van der Waals surface area (Å²) in [5, 5.41) is 3.51. The molecule has 1 aromatic rings. The Labute approximate surface area is 128 Å². The van der Waals surface area contributed by atoms with Gasteiger partial charge in [-0.3, -0.25) is 4.90 Å². The lowest BCUT2D eigenvalue weighted by molar-refractivity contribution is 0.154. The molecule has 0 saturated carbocycles. The summed E-state index contributed by atoms with van der Waals surface area (Å²) >= 11 is 0. The van der Waals surface area contributed by atoms with Crippen LogP contribution in [0.3, 0.4) is 0 Å². The second kappa shape index (κ2) is 8.82. The van der Waals surface area contributed by atoms with E-state index in [4.69, 9.17) is 4.74 Å². The van der Waals surface area contributed by atoms with E-state index in [1.165, 1.54) is 31.7 Å². The van der Waals surface area contributed by atoms with Crippen molar-refractivity contribution < 1.29 is 4.74 Å². The molecular weight excluding hydrogens is 262 g/mol. The van der Waals surface area contributed by atoms with Gasteiger partial charge in [0.1, 0.15) is 12.4 Å². The first-order valence-electron chi connectivity index (χ1n) is 7.72. The monoisotopic (exact) mass is 289 g/mol. The van der Waals surface area contributed by atoms with E-state index < -0.39 is 0 Å². The summed E-state index contributed by atoms with van der Waals surface area (Å²) in [6.45, 7) is 12.0. The SMILES string of the molecule is C=CCOc1ccc(CNCCN2CCN(C)CC2)cc1. The molecule has 1 heterocycles. The second-order valence-electron chi connectivity index (χ2n) is 5.57. The maximum absolute atomic E-state index is 5.47. The fraction of sp³-hybridized carbons (Fsp3) is 0.529. The Bertz CT molecular complexity index is 411. The van der Waals surface area contributed by atoms with Crippen molar-refractivity contribution >= 4 is 0 Å². The van der Waals surface area contributed by atoms with E-state index in [-0.39, 0.29) is 0 Å². The van der Waals surface area contributed by atoms with Gasteiger partial charge in [-0.1, -0.05) is 24.8 Å². The standard InChI is InChI=1S/C17H27N3O/c1-3-14-21-17-6-4-16(5-7-17)15-18-8-9-20-12-10-19(2)11-13-20/h3-7,18H,1,8-15H2,2H3. The van der Waals surface area contributed by atoms with Gasteiger partial charge in [0.15, 0.2) is 0 Å². The van der Waals surface area contributed by atoms with Crippen LogP contribution in [0.4, 0.5) is 0 Å². The lowest BCUT2D eigenvalue weighted by atomic mass is 10.2. The number of benzene rings is 1. The van der Waals surface area contributed by atoms with Crippen LogP contribution in [0.5, 0.6) is 5.75 Å². The number of piperazine rings is 1. The molecule has 1 aliphatic rings. The van der Waals surface area contributed by atoms with Gasteiger partial charge in [0, 0.05) is 45.8 Å². The molecule has 0 bridgehead atoms. The van der Waals surface area contributed by atoms with Gasteiger partial charge >= 0.3 is 0 Å². The Hall–Kier alpha value is -1.36. The fourth-order valence-corrected chi connectivity index (χ4v) is 2.40. The second-order valence-corrected chi connectivity index (χ2v) is 5.57. The summed E-state index contributed by atoms with van der Waals surface area (Å²) in [7, 11) is 2.19. The Kier molecular flexibility index (Phi) is 6.73. The molecule has 0 aromatic heterocycles. The topological polar surface area (TPSA) is 27.7 Å². The zero-order valence-corrected chi connectivity index (χ0v) is 13.1. The number of likely N-dealkylation sites (N-methyl/N-ethyl adjacent to an activating group) is 1. The van der Waals surface area contributed by atoms with E-state index in [0.717, 1.165) is 25.4 Å². The molecule has 0 unspecified atom stereocenters. The van der Waals surface area contributed by atoms with Crippen LogP contribution in [-0.2, 0) is 6.54 Å². The summed E-state index contributed by atoms with van der Waals surface area (Å²) < 4.78 is 5.47. The van der Waals surface area contributed by atoms with Crippen molar-refractivity contribution in [3.63, 3.8) is 0 Å². The van der Waals surface area contributed by atoms with Gasteiger partial charge in [-0.25, -0.2) is 0 Å². The minimum absolute atomic E-state index is 0.558. The number of hydrogen-bond acceptors (Lipinski definition) is 4. The lowest BCUT2D eigenvalue weighted by Crippen LogP contribution is -2.46. The minimum Gasteiger partial charge on any atom is -0.490 e. The number of nitrogens with zero attached hydrogens (tertiary/aromatic N) is 2. The number of rotatable bonds is 8. The maximum Gasteiger partial charge on any atom is 0.119 e. The van der Waals surface area contributed by atoms with Crippen molar-refractivity contribution in [2.75, 3.05) is 52.9 Å². The van der Waals surface area contributed by atoms with Crippen molar-refractivity contribution in [2.24, 2.45) is 0 Å². The first kappa shape index (κ1) is 16.0. The third kappa shape index (κ3) is 5.87. The highest BCUT2D eigenvalue weighted by atomic mass is 16.5. The molecule has 116 valence electrons. The van der Waals surface area contributed by atoms with Crippen molar-refractivity contribution in [2.45, 2.75) is 6.54 Å². The lowest BCUT2D eigenvalue weighted by Gasteiger charge is -2.32. The largest absolute Gasteiger partial charge is 0.490 e. The van der Waals surface area contributed by atoms with Crippen LogP contribution in [-0.4, -0.2) is 62.7 Å². The molecule has 0 radical (unpaired) electrons. The summed E-state index contributed by atoms with van der Waals surface area (Å²) in [5.74, 6) is 0.899. The van der Waals surface area contributed by atoms with Gasteiger partial charge in [0.2, 0.25) is 0 Å². The van der Waals surface area contributed by atoms with Crippen molar-refractivity contribution in [3.05, 3.63) is 42.5 Å². The molecule has 0 spiro atoms. The van der Waals surface area contributed by atoms with Crippen LogP contribution in [0.2, 0.25) is 0 Å². The van der Waals surface area contributed by atoms with Gasteiger partial charge in [-0.2, -0.15) is 0 Å². The summed E-state index contributed by atoms with van der Waals surface area (Å²) in [5.41, 5.74) is 1.29. The molecule has 4 heteroatoms. The highest BCUT2D eigenvalue weighted by Gasteiger charge is 2.12. The molecule has 0 atom stereocenters. The van der Waals surface area contributed by atoms with Crippen molar-refractivity contribution in [1.29, 1.82) is 0 Å². The van der Waals surface area contributed by atoms with E-state index in [1.54, 1.807) is 6.08 Å². The molecule has 1 aromatic carbocycles. The van der Waals surface area contributed by atoms with Crippen LogP contribution >= 0.6 is 0 Å². The van der Waals surface area contributed by atoms with Gasteiger partial charge in [0.25, 0.3) is 0 Å². The Morgan fingerprint density at radius 3 is 2.57 bits per heavy atom. The molecule has 1 fully saturated rings. The zero-order valence-electron chi connectivity index (χ0n) is 13.1. The Balaban J connectivity index is 1.61. The number of ether oxygens (including phenoxy) is 1. The maximum atomic E-state index is 5.47. The normalized spacial score (nSPS) is 16.8. The average molecular weight is 289 g/mol. The molecular formula is C17H27N3O. The number of nitrogens with one attached hydrogen (secondary N) is 1. The first-order chi connectivity index (χ1) is 10.3. The van der Waals surface area contributed by atoms with Crippen LogP contribution in [0.1, 0.15) is 5.56 Å². The van der Waals surface area contributed by atoms with Crippen LogP contribution in [0.25, 0.3) is 0 Å². The van der Waals surface area contributed by atoms with Gasteiger partial charge in [-0.15, -0.1) is 0 Å². The predicted molar refractivity (Wildman–Crippen MR) is 87.8 cm³/mol. The molecule has 2 rings (SSSR count). The van der Waals surface area contributed by atoms with E-state index >= 15 is 0 Å². The Morgan fingerprint density at radius 2 is 1.90 bits per heavy atom. The van der Waals surface area contributed by atoms with Crippen LogP contribution in [0.15, 0.2) is 36.9 Å². The molecule has 21 heavy (non-hydrogen) atoms. The number of hydrogen-bond donors (Lipinski definition) is 1. The van der Waals surface area contributed by atoms with Gasteiger partial charge < -0.3 is 15.0 Å². The molecule has 4 nitrogen and oxygen atoms in total. The average Bonchev–Trinajstić information content (AvgIpc) is 2.52. The van der Waals surface area contributed by atoms with Crippen molar-refractivity contribution in [1.82, 2.24) is 15.1 Å². The first-order valence-corrected chi connectivity index (χ1v) is 7.72. The highest BCUT2D eigenvalue weighted by molar-refractivity contribution is 5.27. The van der Waals surface area contributed by atoms with Crippen LogP contribution < -0.4 is 10.1 Å². The van der Waals surface area contributed by atoms with E-state index in [1.807, 2.05) is 12.1 Å². The molecule has 1 N–H and O–H groups in total. The third-order valence-electron chi connectivity index (χ3n) is 3.82. The van der Waals surface area contributed by atoms with Gasteiger partial charge in [0.05, 0.1) is 0 Å². The van der Waals surface area contributed by atoms with E-state index in [0.29, 0.717) is 6.61 Å². The minimum atomic E-state index is 0.558. The zero-order chi connectivity index (χ0) is 14.9. The summed E-state index contributed by atoms with van der Waals surface area (Å²) in [6.07, 6.45) is 1.76. The van der Waals surface area contributed by atoms with Crippen LogP contribution in [0, 0.1) is 0 Å². The molecule has 1 saturated heterocycles. The molecule has 0 amide bonds. The third-order valence-corrected chi connectivity index (χ3v) is 3.82. The Morgan fingerprint density at radius 1 is 1.19 bits per heavy atom. The highest BCUT2D eigenvalue weighted by Crippen LogP contribution is 2.11. The predicted octanol–water partition coefficient (Wildman–Crippen LogP) is 1.59.